The molecule has 0 amide bonds. The number of ether oxygens (including phenoxy) is 2. The van der Waals surface area contributed by atoms with E-state index in [2.05, 4.69) is 29.6 Å². The number of esters is 1. The molecule has 4 heteroatoms. The second-order valence-electron chi connectivity index (χ2n) is 7.36. The van der Waals surface area contributed by atoms with Crippen molar-refractivity contribution in [1.29, 1.82) is 0 Å². The smallest absolute Gasteiger partial charge is 0.307 e. The quantitative estimate of drug-likeness (QED) is 0.542. The predicted molar refractivity (Wildman–Crippen MR) is 98.9 cm³/mol. The second-order valence-corrected chi connectivity index (χ2v) is 7.36. The first-order valence-electron chi connectivity index (χ1n) is 9.87. The van der Waals surface area contributed by atoms with Crippen LogP contribution < -0.4 is 10.1 Å². The Balaban J connectivity index is 1.29. The molecular weight excluding hydrogens is 314 g/mol. The van der Waals surface area contributed by atoms with Crippen LogP contribution in [-0.4, -0.2) is 31.8 Å². The molecule has 0 aliphatic heterocycles. The highest BCUT2D eigenvalue weighted by molar-refractivity contribution is 5.69. The number of nitrogens with one attached hydrogen (secondary N) is 1. The third kappa shape index (κ3) is 6.03. The molecule has 0 bridgehead atoms. The molecule has 0 saturated heterocycles. The van der Waals surface area contributed by atoms with Crippen LogP contribution in [-0.2, 0) is 9.53 Å². The van der Waals surface area contributed by atoms with Crippen LogP contribution in [0.5, 0.6) is 5.75 Å². The van der Waals surface area contributed by atoms with Gasteiger partial charge >= 0.3 is 5.97 Å². The van der Waals surface area contributed by atoms with Crippen LogP contribution in [0.2, 0.25) is 0 Å². The van der Waals surface area contributed by atoms with Crippen molar-refractivity contribution in [2.75, 3.05) is 19.7 Å². The maximum absolute atomic E-state index is 11.3. The normalized spacial score (nSPS) is 23.2. The summed E-state index contributed by atoms with van der Waals surface area (Å²) in [5, 5.41) is 3.39. The zero-order valence-electron chi connectivity index (χ0n) is 15.3. The summed E-state index contributed by atoms with van der Waals surface area (Å²) in [5.41, 5.74) is 1.46. The highest BCUT2D eigenvalue weighted by Gasteiger charge is 2.24. The Hall–Kier alpha value is -1.55. The number of rotatable bonds is 9. The Morgan fingerprint density at radius 1 is 1.08 bits per heavy atom. The van der Waals surface area contributed by atoms with Crippen LogP contribution in [0, 0.1) is 5.92 Å². The van der Waals surface area contributed by atoms with Gasteiger partial charge in [0, 0.05) is 6.54 Å². The highest BCUT2D eigenvalue weighted by Crippen LogP contribution is 2.40. The summed E-state index contributed by atoms with van der Waals surface area (Å²) in [4.78, 5) is 11.3. The molecule has 138 valence electrons. The largest absolute Gasteiger partial charge is 0.490 e. The number of hydrogen-bond acceptors (Lipinski definition) is 4. The Labute approximate surface area is 151 Å². The Morgan fingerprint density at radius 2 is 1.80 bits per heavy atom. The lowest BCUT2D eigenvalue weighted by Crippen LogP contribution is -2.31. The first-order chi connectivity index (χ1) is 12.2. The summed E-state index contributed by atoms with van der Waals surface area (Å²) in [7, 11) is 0. The lowest BCUT2D eigenvalue weighted by Gasteiger charge is -2.29. The average molecular weight is 345 g/mol. The van der Waals surface area contributed by atoms with Crippen molar-refractivity contribution in [3.05, 3.63) is 29.8 Å². The molecule has 0 atom stereocenters. The minimum atomic E-state index is -0.111. The van der Waals surface area contributed by atoms with Crippen LogP contribution >= 0.6 is 0 Å². The summed E-state index contributed by atoms with van der Waals surface area (Å²) in [6.45, 7) is 4.00. The topological polar surface area (TPSA) is 47.6 Å². The number of carbonyl (C=O) groups excluding carboxylic acids is 1. The van der Waals surface area contributed by atoms with Gasteiger partial charge in [-0.05, 0) is 81.5 Å². The Morgan fingerprint density at radius 3 is 2.44 bits per heavy atom. The summed E-state index contributed by atoms with van der Waals surface area (Å²) in [6.07, 6.45) is 8.12. The zero-order valence-corrected chi connectivity index (χ0v) is 15.3. The summed E-state index contributed by atoms with van der Waals surface area (Å²) < 4.78 is 11.1. The Bertz CT molecular complexity index is 531. The maximum Gasteiger partial charge on any atom is 0.307 e. The fraction of sp³-hybridized carbons (Fsp3) is 0.667. The van der Waals surface area contributed by atoms with Crippen molar-refractivity contribution in [2.24, 2.45) is 5.92 Å². The van der Waals surface area contributed by atoms with Crippen LogP contribution in [0.4, 0.5) is 0 Å². The van der Waals surface area contributed by atoms with E-state index in [1.165, 1.54) is 31.2 Å². The average Bonchev–Trinajstić information content (AvgIpc) is 3.46. The van der Waals surface area contributed by atoms with Gasteiger partial charge in [-0.15, -0.1) is 0 Å². The predicted octanol–water partition coefficient (Wildman–Crippen LogP) is 4.04. The fourth-order valence-electron chi connectivity index (χ4n) is 3.61. The molecule has 3 rings (SSSR count). The van der Waals surface area contributed by atoms with E-state index in [1.54, 1.807) is 0 Å². The molecule has 0 unspecified atom stereocenters. The van der Waals surface area contributed by atoms with Crippen molar-refractivity contribution in [1.82, 2.24) is 5.32 Å². The van der Waals surface area contributed by atoms with E-state index in [4.69, 9.17) is 9.47 Å². The van der Waals surface area contributed by atoms with E-state index in [9.17, 15) is 4.79 Å². The molecule has 1 aromatic carbocycles. The van der Waals surface area contributed by atoms with Gasteiger partial charge < -0.3 is 14.8 Å². The molecule has 2 aliphatic rings. The Kier molecular flexibility index (Phi) is 6.74. The van der Waals surface area contributed by atoms with Crippen LogP contribution in [0.3, 0.4) is 0 Å². The van der Waals surface area contributed by atoms with Crippen molar-refractivity contribution < 1.29 is 14.3 Å². The fourth-order valence-corrected chi connectivity index (χ4v) is 3.61. The van der Waals surface area contributed by atoms with E-state index in [0.29, 0.717) is 31.6 Å². The molecule has 1 N–H and O–H groups in total. The van der Waals surface area contributed by atoms with Crippen molar-refractivity contribution in [3.8, 4) is 5.75 Å². The summed E-state index contributed by atoms with van der Waals surface area (Å²) >= 11 is 0. The van der Waals surface area contributed by atoms with E-state index < -0.39 is 0 Å². The van der Waals surface area contributed by atoms with E-state index >= 15 is 0 Å². The zero-order chi connectivity index (χ0) is 17.5. The van der Waals surface area contributed by atoms with Crippen molar-refractivity contribution >= 4 is 5.97 Å². The van der Waals surface area contributed by atoms with Crippen LogP contribution in [0.25, 0.3) is 0 Å². The number of carbonyl (C=O) groups is 1. The first kappa shape index (κ1) is 18.2. The van der Waals surface area contributed by atoms with Gasteiger partial charge in [-0.2, -0.15) is 0 Å². The van der Waals surface area contributed by atoms with Crippen LogP contribution in [0.15, 0.2) is 24.3 Å². The summed E-state index contributed by atoms with van der Waals surface area (Å²) in [5.74, 6) is 2.40. The third-order valence-electron chi connectivity index (χ3n) is 5.27. The third-order valence-corrected chi connectivity index (χ3v) is 5.27. The number of hydrogen-bond donors (Lipinski definition) is 1. The van der Waals surface area contributed by atoms with Gasteiger partial charge in [-0.3, -0.25) is 4.79 Å². The van der Waals surface area contributed by atoms with Gasteiger partial charge in [0.05, 0.1) is 19.1 Å². The van der Waals surface area contributed by atoms with E-state index in [1.807, 2.05) is 6.92 Å². The van der Waals surface area contributed by atoms with Gasteiger partial charge in [0.15, 0.2) is 0 Å². The molecule has 0 spiro atoms. The lowest BCUT2D eigenvalue weighted by molar-refractivity contribution is -0.142. The van der Waals surface area contributed by atoms with Crippen molar-refractivity contribution in [3.63, 3.8) is 0 Å². The molecule has 0 aromatic heterocycles. The minimum Gasteiger partial charge on any atom is -0.490 e. The van der Waals surface area contributed by atoms with Gasteiger partial charge in [-0.25, -0.2) is 0 Å². The molecule has 2 saturated carbocycles. The SMILES string of the molecule is CCOC(=O)CCNCC1CCC(Oc2ccc(C3CC3)cc2)CC1. The van der Waals surface area contributed by atoms with E-state index in [-0.39, 0.29) is 5.97 Å². The van der Waals surface area contributed by atoms with Gasteiger partial charge in [0.2, 0.25) is 0 Å². The monoisotopic (exact) mass is 345 g/mol. The lowest BCUT2D eigenvalue weighted by atomic mass is 9.87. The van der Waals surface area contributed by atoms with Crippen LogP contribution in [0.1, 0.15) is 63.4 Å². The van der Waals surface area contributed by atoms with Gasteiger partial charge in [0.1, 0.15) is 5.75 Å². The molecule has 0 radical (unpaired) electrons. The minimum absolute atomic E-state index is 0.111. The van der Waals surface area contributed by atoms with Gasteiger partial charge in [0.25, 0.3) is 0 Å². The molecule has 4 nitrogen and oxygen atoms in total. The maximum atomic E-state index is 11.3. The summed E-state index contributed by atoms with van der Waals surface area (Å²) in [6, 6.07) is 8.73. The van der Waals surface area contributed by atoms with E-state index in [0.717, 1.165) is 31.1 Å². The highest BCUT2D eigenvalue weighted by atomic mass is 16.5. The molecule has 1 aromatic rings. The molecular formula is C21H31NO3. The number of benzene rings is 1. The molecule has 2 aliphatic carbocycles. The van der Waals surface area contributed by atoms with Gasteiger partial charge in [-0.1, -0.05) is 12.1 Å². The van der Waals surface area contributed by atoms with Crippen molar-refractivity contribution in [2.45, 2.75) is 63.9 Å². The molecule has 25 heavy (non-hydrogen) atoms. The second kappa shape index (κ2) is 9.23. The standard InChI is InChI=1S/C21H31NO3/c1-2-24-21(23)13-14-22-15-16-3-9-19(10-4-16)25-20-11-7-18(8-12-20)17-5-6-17/h7-8,11-12,16-17,19,22H,2-6,9-10,13-15H2,1H3. The molecule has 2 fully saturated rings. The molecule has 0 heterocycles. The first-order valence-corrected chi connectivity index (χ1v) is 9.87.